The second-order valence-corrected chi connectivity index (χ2v) is 13.9. The van der Waals surface area contributed by atoms with E-state index in [2.05, 4.69) is 18.7 Å². The number of anilines is 1. The molecule has 8 nitrogen and oxygen atoms in total. The maximum absolute atomic E-state index is 13.8. The van der Waals surface area contributed by atoms with Crippen LogP contribution in [-0.2, 0) is 14.8 Å². The van der Waals surface area contributed by atoms with Crippen molar-refractivity contribution in [1.29, 1.82) is 0 Å². The number of sulfonamides is 1. The van der Waals surface area contributed by atoms with Crippen LogP contribution in [0.1, 0.15) is 42.6 Å². The van der Waals surface area contributed by atoms with E-state index in [-0.39, 0.29) is 10.8 Å². The number of rotatable bonds is 8. The summed E-state index contributed by atoms with van der Waals surface area (Å²) < 4.78 is 34.8. The summed E-state index contributed by atoms with van der Waals surface area (Å²) in [6.07, 6.45) is 1.84. The van der Waals surface area contributed by atoms with Crippen molar-refractivity contribution >= 4 is 42.6 Å². The second kappa shape index (κ2) is 12.0. The molecule has 1 amide bonds. The minimum Gasteiger partial charge on any atom is -0.379 e. The lowest BCUT2D eigenvalue weighted by Gasteiger charge is -2.34. The zero-order chi connectivity index (χ0) is 27.6. The van der Waals surface area contributed by atoms with E-state index in [9.17, 15) is 13.2 Å². The molecule has 2 aliphatic heterocycles. The predicted octanol–water partition coefficient (Wildman–Crippen LogP) is 4.64. The number of hydrogen-bond acceptors (Lipinski definition) is 7. The molecule has 10 heteroatoms. The van der Waals surface area contributed by atoms with Gasteiger partial charge in [0.15, 0.2) is 5.13 Å². The minimum absolute atomic E-state index is 0.169. The zero-order valence-corrected chi connectivity index (χ0v) is 24.6. The van der Waals surface area contributed by atoms with Crippen LogP contribution in [0.3, 0.4) is 0 Å². The monoisotopic (exact) mass is 570 g/mol. The summed E-state index contributed by atoms with van der Waals surface area (Å²) in [5.74, 6) is 0.485. The molecule has 0 N–H and O–H groups in total. The Labute approximate surface area is 235 Å². The molecule has 0 spiro atoms. The molecule has 2 fully saturated rings. The second-order valence-electron chi connectivity index (χ2n) is 11.0. The molecule has 1 aromatic heterocycles. The lowest BCUT2D eigenvalue weighted by Crippen LogP contribution is -2.42. The highest BCUT2D eigenvalue weighted by Gasteiger charge is 2.32. The number of thiazole rings is 1. The average molecular weight is 571 g/mol. The van der Waals surface area contributed by atoms with Gasteiger partial charge in [0, 0.05) is 44.8 Å². The molecule has 5 rings (SSSR count). The third-order valence-corrected chi connectivity index (χ3v) is 10.5. The van der Waals surface area contributed by atoms with Crippen molar-refractivity contribution in [2.45, 2.75) is 38.5 Å². The van der Waals surface area contributed by atoms with Gasteiger partial charge in [-0.25, -0.2) is 13.4 Å². The van der Waals surface area contributed by atoms with Crippen molar-refractivity contribution in [3.8, 4) is 0 Å². The van der Waals surface area contributed by atoms with Gasteiger partial charge in [-0.15, -0.1) is 0 Å². The molecule has 39 heavy (non-hydrogen) atoms. The number of nitrogens with zero attached hydrogens (tertiary/aromatic N) is 4. The molecule has 2 unspecified atom stereocenters. The van der Waals surface area contributed by atoms with E-state index in [0.29, 0.717) is 42.2 Å². The van der Waals surface area contributed by atoms with E-state index in [0.717, 1.165) is 61.5 Å². The molecule has 2 atom stereocenters. The molecule has 2 aliphatic rings. The minimum atomic E-state index is -3.61. The van der Waals surface area contributed by atoms with Gasteiger partial charge in [-0.1, -0.05) is 37.3 Å². The average Bonchev–Trinajstić information content (AvgIpc) is 3.36. The van der Waals surface area contributed by atoms with E-state index >= 15 is 0 Å². The number of piperidine rings is 1. The Morgan fingerprint density at radius 2 is 1.77 bits per heavy atom. The summed E-state index contributed by atoms with van der Waals surface area (Å²) in [6.45, 7) is 12.0. The molecule has 0 radical (unpaired) electrons. The van der Waals surface area contributed by atoms with Crippen molar-refractivity contribution in [2.75, 3.05) is 57.4 Å². The number of fused-ring (bicyclic) bond motifs is 1. The van der Waals surface area contributed by atoms with Gasteiger partial charge in [-0.05, 0) is 67.5 Å². The summed E-state index contributed by atoms with van der Waals surface area (Å²) in [4.78, 5) is 23.0. The van der Waals surface area contributed by atoms with E-state index in [1.807, 2.05) is 25.1 Å². The smallest absolute Gasteiger partial charge is 0.260 e. The lowest BCUT2D eigenvalue weighted by molar-refractivity contribution is 0.0376. The molecular weight excluding hydrogens is 532 g/mol. The van der Waals surface area contributed by atoms with Gasteiger partial charge < -0.3 is 4.74 Å². The van der Waals surface area contributed by atoms with Crippen LogP contribution in [0.4, 0.5) is 5.13 Å². The fraction of sp³-hybridized carbons (Fsp3) is 0.517. The molecule has 3 aromatic rings. The number of amides is 1. The SMILES string of the molecule is Cc1cccc2sc(N(CCCN3CCOCC3)C(=O)c3ccc(S(=O)(=O)N4CC(C)CC(C)C4)cc3)nc12. The maximum Gasteiger partial charge on any atom is 0.260 e. The normalized spacial score (nSPS) is 21.3. The van der Waals surface area contributed by atoms with Crippen molar-refractivity contribution < 1.29 is 17.9 Å². The molecule has 2 aromatic carbocycles. The van der Waals surface area contributed by atoms with Gasteiger partial charge in [0.25, 0.3) is 5.91 Å². The van der Waals surface area contributed by atoms with Crippen LogP contribution in [0.2, 0.25) is 0 Å². The first kappa shape index (κ1) is 28.2. The van der Waals surface area contributed by atoms with Crippen LogP contribution < -0.4 is 4.90 Å². The van der Waals surface area contributed by atoms with E-state index in [1.54, 1.807) is 33.5 Å². The Bertz CT molecular complexity index is 1390. The van der Waals surface area contributed by atoms with Crippen LogP contribution in [0.25, 0.3) is 10.2 Å². The molecular formula is C29H38N4O4S2. The van der Waals surface area contributed by atoms with Crippen LogP contribution in [0.5, 0.6) is 0 Å². The molecule has 210 valence electrons. The third-order valence-electron chi connectivity index (χ3n) is 7.62. The number of aromatic nitrogens is 1. The highest BCUT2D eigenvalue weighted by atomic mass is 32.2. The van der Waals surface area contributed by atoms with Gasteiger partial charge in [-0.3, -0.25) is 14.6 Å². The largest absolute Gasteiger partial charge is 0.379 e. The zero-order valence-electron chi connectivity index (χ0n) is 23.0. The van der Waals surface area contributed by atoms with E-state index in [4.69, 9.17) is 9.72 Å². The first-order valence-electron chi connectivity index (χ1n) is 13.8. The Kier molecular flexibility index (Phi) is 8.68. The topological polar surface area (TPSA) is 83.0 Å². The predicted molar refractivity (Wildman–Crippen MR) is 156 cm³/mol. The molecule has 0 bridgehead atoms. The fourth-order valence-electron chi connectivity index (χ4n) is 5.63. The van der Waals surface area contributed by atoms with Crippen LogP contribution in [0, 0.1) is 18.8 Å². The number of carbonyl (C=O) groups is 1. The summed E-state index contributed by atoms with van der Waals surface area (Å²) in [5.41, 5.74) is 2.44. The fourth-order valence-corrected chi connectivity index (χ4v) is 8.38. The summed E-state index contributed by atoms with van der Waals surface area (Å²) in [6, 6.07) is 12.5. The highest BCUT2D eigenvalue weighted by molar-refractivity contribution is 7.89. The molecule has 2 saturated heterocycles. The van der Waals surface area contributed by atoms with Gasteiger partial charge in [0.05, 0.1) is 28.3 Å². The number of morpholine rings is 1. The standard InChI is InChI=1S/C29H38N4O4S2/c1-21-18-22(2)20-32(19-21)39(35,36)25-10-8-24(9-11-25)28(34)33(13-5-12-31-14-16-37-17-15-31)29-30-27-23(3)6-4-7-26(27)38-29/h4,6-11,21-22H,5,12-20H2,1-3H3. The first-order chi connectivity index (χ1) is 18.7. The Morgan fingerprint density at radius 1 is 1.08 bits per heavy atom. The van der Waals surface area contributed by atoms with Crippen molar-refractivity contribution in [3.63, 3.8) is 0 Å². The van der Waals surface area contributed by atoms with Crippen molar-refractivity contribution in [3.05, 3.63) is 53.6 Å². The van der Waals surface area contributed by atoms with Crippen LogP contribution in [0.15, 0.2) is 47.4 Å². The quantitative estimate of drug-likeness (QED) is 0.393. The van der Waals surface area contributed by atoms with Crippen molar-refractivity contribution in [1.82, 2.24) is 14.2 Å². The number of para-hydroxylation sites is 1. The highest BCUT2D eigenvalue weighted by Crippen LogP contribution is 2.32. The van der Waals surface area contributed by atoms with Gasteiger partial charge in [0.1, 0.15) is 0 Å². The van der Waals surface area contributed by atoms with Gasteiger partial charge in [0.2, 0.25) is 10.0 Å². The summed E-state index contributed by atoms with van der Waals surface area (Å²) in [7, 11) is -3.61. The number of ether oxygens (including phenoxy) is 1. The number of benzene rings is 2. The number of carbonyl (C=O) groups excluding carboxylic acids is 1. The van der Waals surface area contributed by atoms with Crippen LogP contribution >= 0.6 is 11.3 Å². The van der Waals surface area contributed by atoms with Gasteiger partial charge in [-0.2, -0.15) is 4.31 Å². The number of hydrogen-bond donors (Lipinski definition) is 0. The van der Waals surface area contributed by atoms with Crippen LogP contribution in [-0.4, -0.2) is 81.0 Å². The summed E-state index contributed by atoms with van der Waals surface area (Å²) >= 11 is 1.51. The van der Waals surface area contributed by atoms with E-state index in [1.165, 1.54) is 11.3 Å². The maximum atomic E-state index is 13.8. The molecule has 0 saturated carbocycles. The molecule has 0 aliphatic carbocycles. The molecule has 3 heterocycles. The third kappa shape index (κ3) is 6.36. The first-order valence-corrected chi connectivity index (χ1v) is 16.1. The van der Waals surface area contributed by atoms with Gasteiger partial charge >= 0.3 is 0 Å². The Hall–Kier alpha value is -2.37. The van der Waals surface area contributed by atoms with Crippen molar-refractivity contribution in [2.24, 2.45) is 11.8 Å². The van der Waals surface area contributed by atoms with E-state index < -0.39 is 10.0 Å². The Balaban J connectivity index is 1.37. The Morgan fingerprint density at radius 3 is 2.44 bits per heavy atom. The number of aryl methyl sites for hydroxylation is 1. The summed E-state index contributed by atoms with van der Waals surface area (Å²) in [5, 5.41) is 0.666. The lowest BCUT2D eigenvalue weighted by atomic mass is 9.94.